The van der Waals surface area contributed by atoms with E-state index in [1.807, 2.05) is 24.3 Å². The van der Waals surface area contributed by atoms with Gasteiger partial charge in [0.15, 0.2) is 0 Å². The normalized spacial score (nSPS) is 10.0. The van der Waals surface area contributed by atoms with E-state index in [0.717, 1.165) is 16.8 Å². The van der Waals surface area contributed by atoms with Crippen LogP contribution in [0.5, 0.6) is 0 Å². The van der Waals surface area contributed by atoms with E-state index >= 15 is 0 Å². The lowest BCUT2D eigenvalue weighted by Gasteiger charge is -1.95. The lowest BCUT2D eigenvalue weighted by atomic mass is 10.1. The van der Waals surface area contributed by atoms with Gasteiger partial charge in [0, 0.05) is 11.3 Å². The minimum Gasteiger partial charge on any atom is -0.399 e. The van der Waals surface area contributed by atoms with Crippen molar-refractivity contribution in [3.05, 3.63) is 36.7 Å². The molecule has 1 heterocycles. The topological polar surface area (TPSA) is 52.0 Å². The van der Waals surface area contributed by atoms with Gasteiger partial charge in [0.1, 0.15) is 6.26 Å². The first-order valence-electron chi connectivity index (χ1n) is 3.61. The molecular formula is C9H8N2O. The Balaban J connectivity index is 2.43. The second kappa shape index (κ2) is 2.70. The number of benzene rings is 1. The van der Waals surface area contributed by atoms with E-state index in [9.17, 15) is 0 Å². The van der Waals surface area contributed by atoms with Crippen molar-refractivity contribution < 1.29 is 4.52 Å². The number of hydrogen-bond donors (Lipinski definition) is 1. The molecule has 0 spiro atoms. The molecule has 60 valence electrons. The van der Waals surface area contributed by atoms with Crippen molar-refractivity contribution in [2.75, 3.05) is 5.73 Å². The third-order valence-electron chi connectivity index (χ3n) is 1.68. The van der Waals surface area contributed by atoms with Crippen LogP contribution in [0.15, 0.2) is 41.2 Å². The van der Waals surface area contributed by atoms with Gasteiger partial charge in [-0.3, -0.25) is 0 Å². The number of rotatable bonds is 1. The second-order valence-corrected chi connectivity index (χ2v) is 2.54. The van der Waals surface area contributed by atoms with E-state index in [-0.39, 0.29) is 0 Å². The van der Waals surface area contributed by atoms with Gasteiger partial charge >= 0.3 is 0 Å². The van der Waals surface area contributed by atoms with E-state index in [1.165, 1.54) is 0 Å². The molecule has 2 rings (SSSR count). The molecule has 3 nitrogen and oxygen atoms in total. The standard InChI is InChI=1S/C9H8N2O/c10-9-3-1-7(2-4-9)8-5-11-12-6-8/h1-6H,10H2. The maximum atomic E-state index is 5.54. The second-order valence-electron chi connectivity index (χ2n) is 2.54. The van der Waals surface area contributed by atoms with Crippen molar-refractivity contribution in [2.24, 2.45) is 0 Å². The number of nitrogens with two attached hydrogens (primary N) is 1. The highest BCUT2D eigenvalue weighted by molar-refractivity contribution is 5.63. The largest absolute Gasteiger partial charge is 0.399 e. The van der Waals surface area contributed by atoms with Crippen LogP contribution < -0.4 is 5.73 Å². The van der Waals surface area contributed by atoms with Crippen LogP contribution in [0.25, 0.3) is 11.1 Å². The maximum absolute atomic E-state index is 5.54. The van der Waals surface area contributed by atoms with Crippen molar-refractivity contribution in [3.63, 3.8) is 0 Å². The highest BCUT2D eigenvalue weighted by Gasteiger charge is 1.97. The molecule has 0 amide bonds. The lowest BCUT2D eigenvalue weighted by Crippen LogP contribution is -1.82. The SMILES string of the molecule is Nc1ccc(-c2cnoc2)cc1. The summed E-state index contributed by atoms with van der Waals surface area (Å²) in [4.78, 5) is 0. The molecular weight excluding hydrogens is 152 g/mol. The van der Waals surface area contributed by atoms with E-state index in [1.54, 1.807) is 12.5 Å². The zero-order chi connectivity index (χ0) is 8.39. The fourth-order valence-electron chi connectivity index (χ4n) is 1.02. The predicted molar refractivity (Wildman–Crippen MR) is 46.4 cm³/mol. The first-order valence-corrected chi connectivity index (χ1v) is 3.61. The lowest BCUT2D eigenvalue weighted by molar-refractivity contribution is 0.420. The Morgan fingerprint density at radius 1 is 1.08 bits per heavy atom. The van der Waals surface area contributed by atoms with Gasteiger partial charge in [-0.15, -0.1) is 0 Å². The highest BCUT2D eigenvalue weighted by atomic mass is 16.5. The van der Waals surface area contributed by atoms with E-state index in [2.05, 4.69) is 5.16 Å². The Bertz CT molecular complexity index is 351. The molecule has 0 unspecified atom stereocenters. The molecule has 0 atom stereocenters. The van der Waals surface area contributed by atoms with Crippen LogP contribution in [0.4, 0.5) is 5.69 Å². The smallest absolute Gasteiger partial charge is 0.131 e. The Hall–Kier alpha value is -1.77. The fourth-order valence-corrected chi connectivity index (χ4v) is 1.02. The van der Waals surface area contributed by atoms with Gasteiger partial charge in [0.2, 0.25) is 0 Å². The zero-order valence-corrected chi connectivity index (χ0v) is 6.40. The average molecular weight is 160 g/mol. The molecule has 1 aromatic heterocycles. The Labute approximate surface area is 69.8 Å². The first-order chi connectivity index (χ1) is 5.86. The van der Waals surface area contributed by atoms with Crippen LogP contribution in [-0.4, -0.2) is 5.16 Å². The number of hydrogen-bond acceptors (Lipinski definition) is 3. The summed E-state index contributed by atoms with van der Waals surface area (Å²) in [5, 5.41) is 3.61. The molecule has 2 N–H and O–H groups in total. The van der Waals surface area contributed by atoms with Gasteiger partial charge in [-0.25, -0.2) is 0 Å². The van der Waals surface area contributed by atoms with Gasteiger partial charge in [0.25, 0.3) is 0 Å². The van der Waals surface area contributed by atoms with Gasteiger partial charge in [-0.05, 0) is 17.7 Å². The summed E-state index contributed by atoms with van der Waals surface area (Å²) in [5.74, 6) is 0. The summed E-state index contributed by atoms with van der Waals surface area (Å²) in [6.07, 6.45) is 3.27. The van der Waals surface area contributed by atoms with Crippen LogP contribution in [-0.2, 0) is 0 Å². The Morgan fingerprint density at radius 2 is 1.83 bits per heavy atom. The molecule has 2 aromatic rings. The van der Waals surface area contributed by atoms with Crippen LogP contribution >= 0.6 is 0 Å². The third kappa shape index (κ3) is 1.16. The minimum absolute atomic E-state index is 0.759. The van der Waals surface area contributed by atoms with Crippen molar-refractivity contribution in [2.45, 2.75) is 0 Å². The van der Waals surface area contributed by atoms with Gasteiger partial charge < -0.3 is 10.3 Å². The van der Waals surface area contributed by atoms with Crippen molar-refractivity contribution in [1.29, 1.82) is 0 Å². The highest BCUT2D eigenvalue weighted by Crippen LogP contribution is 2.19. The molecule has 1 aromatic carbocycles. The zero-order valence-electron chi connectivity index (χ0n) is 6.40. The van der Waals surface area contributed by atoms with Crippen LogP contribution in [0.1, 0.15) is 0 Å². The van der Waals surface area contributed by atoms with E-state index in [0.29, 0.717) is 0 Å². The molecule has 0 aliphatic carbocycles. The first kappa shape index (κ1) is 6.91. The molecule has 0 saturated heterocycles. The van der Waals surface area contributed by atoms with Crippen molar-refractivity contribution in [1.82, 2.24) is 5.16 Å². The summed E-state index contributed by atoms with van der Waals surface area (Å²) in [5.41, 5.74) is 8.33. The number of nitrogens with zero attached hydrogens (tertiary/aromatic N) is 1. The van der Waals surface area contributed by atoms with Gasteiger partial charge in [-0.1, -0.05) is 17.3 Å². The minimum atomic E-state index is 0.759. The molecule has 0 fully saturated rings. The molecule has 0 aliphatic rings. The quantitative estimate of drug-likeness (QED) is 0.648. The maximum Gasteiger partial charge on any atom is 0.131 e. The van der Waals surface area contributed by atoms with Crippen LogP contribution in [0, 0.1) is 0 Å². The Morgan fingerprint density at radius 3 is 2.42 bits per heavy atom. The summed E-state index contributed by atoms with van der Waals surface area (Å²) >= 11 is 0. The summed E-state index contributed by atoms with van der Waals surface area (Å²) in [7, 11) is 0. The monoisotopic (exact) mass is 160 g/mol. The number of aromatic nitrogens is 1. The number of anilines is 1. The van der Waals surface area contributed by atoms with Crippen LogP contribution in [0.2, 0.25) is 0 Å². The Kier molecular flexibility index (Phi) is 1.55. The summed E-state index contributed by atoms with van der Waals surface area (Å²) in [6, 6.07) is 7.56. The molecule has 3 heteroatoms. The molecule has 0 saturated carbocycles. The molecule has 0 bridgehead atoms. The molecule has 0 aliphatic heterocycles. The summed E-state index contributed by atoms with van der Waals surface area (Å²) in [6.45, 7) is 0. The van der Waals surface area contributed by atoms with Crippen molar-refractivity contribution in [3.8, 4) is 11.1 Å². The predicted octanol–water partition coefficient (Wildman–Crippen LogP) is 1.92. The number of nitrogen functional groups attached to an aromatic ring is 1. The molecule has 0 radical (unpaired) electrons. The van der Waals surface area contributed by atoms with E-state index < -0.39 is 0 Å². The van der Waals surface area contributed by atoms with E-state index in [4.69, 9.17) is 10.3 Å². The van der Waals surface area contributed by atoms with Crippen LogP contribution in [0.3, 0.4) is 0 Å². The fraction of sp³-hybridized carbons (Fsp3) is 0. The van der Waals surface area contributed by atoms with Gasteiger partial charge in [0.05, 0.1) is 6.20 Å². The van der Waals surface area contributed by atoms with Gasteiger partial charge in [-0.2, -0.15) is 0 Å². The summed E-state index contributed by atoms with van der Waals surface area (Å²) < 4.78 is 4.72. The average Bonchev–Trinajstić information content (AvgIpc) is 2.58. The third-order valence-corrected chi connectivity index (χ3v) is 1.68. The molecule has 12 heavy (non-hydrogen) atoms. The van der Waals surface area contributed by atoms with Crippen molar-refractivity contribution >= 4 is 5.69 Å².